The highest BCUT2D eigenvalue weighted by Crippen LogP contribution is 2.24. The summed E-state index contributed by atoms with van der Waals surface area (Å²) in [7, 11) is 0. The molecule has 140 valence electrons. The Kier molecular flexibility index (Phi) is 5.97. The average Bonchev–Trinajstić information content (AvgIpc) is 3.09. The molecule has 0 unspecified atom stereocenters. The maximum absolute atomic E-state index is 12.3. The van der Waals surface area contributed by atoms with E-state index in [1.165, 1.54) is 0 Å². The van der Waals surface area contributed by atoms with Gasteiger partial charge >= 0.3 is 0 Å². The number of aromatic nitrogens is 3. The zero-order valence-electron chi connectivity index (χ0n) is 15.8. The molecule has 0 atom stereocenters. The van der Waals surface area contributed by atoms with Gasteiger partial charge in [0.25, 0.3) is 5.91 Å². The number of amides is 1. The molecule has 0 fully saturated rings. The van der Waals surface area contributed by atoms with E-state index < -0.39 is 5.91 Å². The molecular weight excluding hydrogens is 350 g/mol. The molecular formula is C22H21N5O. The Balaban J connectivity index is 2.02. The average molecular weight is 371 g/mol. The van der Waals surface area contributed by atoms with Gasteiger partial charge in [-0.1, -0.05) is 30.3 Å². The predicted octanol–water partition coefficient (Wildman–Crippen LogP) is 3.42. The van der Waals surface area contributed by atoms with Crippen molar-refractivity contribution in [2.24, 2.45) is 0 Å². The smallest absolute Gasteiger partial charge is 0.262 e. The van der Waals surface area contributed by atoms with Gasteiger partial charge in [-0.15, -0.1) is 0 Å². The maximum Gasteiger partial charge on any atom is 0.262 e. The summed E-state index contributed by atoms with van der Waals surface area (Å²) in [5.74, 6) is -0.398. The number of carbonyl (C=O) groups excluding carboxylic acids is 1. The molecule has 6 nitrogen and oxygen atoms in total. The van der Waals surface area contributed by atoms with Crippen LogP contribution in [0.3, 0.4) is 0 Å². The van der Waals surface area contributed by atoms with Crippen LogP contribution in [0, 0.1) is 11.3 Å². The largest absolute Gasteiger partial charge is 0.349 e. The van der Waals surface area contributed by atoms with Gasteiger partial charge in [0.2, 0.25) is 0 Å². The second-order valence-corrected chi connectivity index (χ2v) is 6.66. The van der Waals surface area contributed by atoms with Crippen molar-refractivity contribution < 1.29 is 4.79 Å². The first-order chi connectivity index (χ1) is 13.6. The number of rotatable bonds is 6. The number of nitriles is 1. The third-order valence-corrected chi connectivity index (χ3v) is 4.00. The summed E-state index contributed by atoms with van der Waals surface area (Å²) in [6, 6.07) is 15.6. The zero-order valence-corrected chi connectivity index (χ0v) is 15.8. The molecule has 0 radical (unpaired) electrons. The van der Waals surface area contributed by atoms with Gasteiger partial charge in [0.15, 0.2) is 0 Å². The van der Waals surface area contributed by atoms with Crippen LogP contribution in [-0.4, -0.2) is 26.7 Å². The molecule has 0 aliphatic rings. The van der Waals surface area contributed by atoms with Gasteiger partial charge in [0.05, 0.1) is 6.54 Å². The minimum atomic E-state index is -0.398. The van der Waals surface area contributed by atoms with Crippen molar-refractivity contribution in [1.82, 2.24) is 20.1 Å². The fraction of sp³-hybridized carbons (Fsp3) is 0.182. The van der Waals surface area contributed by atoms with Gasteiger partial charge in [-0.25, -0.2) is 0 Å². The first-order valence-corrected chi connectivity index (χ1v) is 9.01. The van der Waals surface area contributed by atoms with Gasteiger partial charge in [-0.3, -0.25) is 14.5 Å². The third-order valence-electron chi connectivity index (χ3n) is 4.00. The van der Waals surface area contributed by atoms with Crippen molar-refractivity contribution in [2.45, 2.75) is 26.4 Å². The zero-order chi connectivity index (χ0) is 19.9. The van der Waals surface area contributed by atoms with Crippen molar-refractivity contribution in [3.05, 3.63) is 77.8 Å². The van der Waals surface area contributed by atoms with Crippen LogP contribution in [0.25, 0.3) is 17.3 Å². The van der Waals surface area contributed by atoms with E-state index in [2.05, 4.69) is 15.4 Å². The van der Waals surface area contributed by atoms with Crippen LogP contribution >= 0.6 is 0 Å². The van der Waals surface area contributed by atoms with E-state index >= 15 is 0 Å². The van der Waals surface area contributed by atoms with Crippen LogP contribution in [0.2, 0.25) is 0 Å². The van der Waals surface area contributed by atoms with Crippen molar-refractivity contribution in [2.75, 3.05) is 0 Å². The third kappa shape index (κ3) is 4.71. The Labute approximate surface area is 164 Å². The normalized spacial score (nSPS) is 11.3. The lowest BCUT2D eigenvalue weighted by Gasteiger charge is -2.06. The molecule has 3 aromatic rings. The second-order valence-electron chi connectivity index (χ2n) is 6.66. The molecule has 0 saturated heterocycles. The Morgan fingerprint density at radius 1 is 1.25 bits per heavy atom. The van der Waals surface area contributed by atoms with Crippen molar-refractivity contribution in [3.63, 3.8) is 0 Å². The molecule has 1 amide bonds. The number of benzene rings is 1. The van der Waals surface area contributed by atoms with Crippen molar-refractivity contribution in [1.29, 1.82) is 5.26 Å². The van der Waals surface area contributed by atoms with Gasteiger partial charge < -0.3 is 5.32 Å². The molecule has 0 saturated carbocycles. The number of nitrogens with one attached hydrogen (secondary N) is 1. The lowest BCUT2D eigenvalue weighted by atomic mass is 10.1. The fourth-order valence-electron chi connectivity index (χ4n) is 2.77. The van der Waals surface area contributed by atoms with Crippen LogP contribution in [0.5, 0.6) is 0 Å². The van der Waals surface area contributed by atoms with Gasteiger partial charge in [-0.05, 0) is 37.6 Å². The molecule has 2 aromatic heterocycles. The highest BCUT2D eigenvalue weighted by Gasteiger charge is 2.15. The molecule has 0 bridgehead atoms. The summed E-state index contributed by atoms with van der Waals surface area (Å²) in [4.78, 5) is 16.4. The predicted molar refractivity (Wildman–Crippen MR) is 108 cm³/mol. The monoisotopic (exact) mass is 371 g/mol. The summed E-state index contributed by atoms with van der Waals surface area (Å²) >= 11 is 0. The maximum atomic E-state index is 12.3. The number of hydrogen-bond acceptors (Lipinski definition) is 4. The minimum absolute atomic E-state index is 0.0399. The Morgan fingerprint density at radius 2 is 2.04 bits per heavy atom. The standard InChI is InChI=1S/C22H21N5O/c1-16(2)25-22(28)19(12-23)11-20-15-27(14-17-7-4-3-5-8-17)26-21(20)18-9-6-10-24-13-18/h3-11,13,15-16H,14H2,1-2H3,(H,25,28). The van der Waals surface area contributed by atoms with E-state index in [1.807, 2.05) is 68.6 Å². The van der Waals surface area contributed by atoms with E-state index in [1.54, 1.807) is 23.2 Å². The van der Waals surface area contributed by atoms with E-state index in [0.717, 1.165) is 11.1 Å². The van der Waals surface area contributed by atoms with Crippen LogP contribution in [0.15, 0.2) is 66.6 Å². The van der Waals surface area contributed by atoms with Gasteiger partial charge in [-0.2, -0.15) is 10.4 Å². The van der Waals surface area contributed by atoms with Crippen molar-refractivity contribution >= 4 is 12.0 Å². The quantitative estimate of drug-likeness (QED) is 0.531. The molecule has 0 aliphatic carbocycles. The van der Waals surface area contributed by atoms with Crippen LogP contribution in [-0.2, 0) is 11.3 Å². The molecule has 1 aromatic carbocycles. The van der Waals surface area contributed by atoms with E-state index in [4.69, 9.17) is 0 Å². The van der Waals surface area contributed by atoms with Crippen LogP contribution in [0.4, 0.5) is 0 Å². The Bertz CT molecular complexity index is 1010. The minimum Gasteiger partial charge on any atom is -0.349 e. The second kappa shape index (κ2) is 8.78. The number of nitrogens with zero attached hydrogens (tertiary/aromatic N) is 4. The van der Waals surface area contributed by atoms with E-state index in [9.17, 15) is 10.1 Å². The first-order valence-electron chi connectivity index (χ1n) is 9.01. The number of hydrogen-bond donors (Lipinski definition) is 1. The Hall–Kier alpha value is -3.72. The lowest BCUT2D eigenvalue weighted by molar-refractivity contribution is -0.117. The molecule has 1 N–H and O–H groups in total. The number of carbonyl (C=O) groups is 1. The van der Waals surface area contributed by atoms with Crippen molar-refractivity contribution in [3.8, 4) is 17.3 Å². The molecule has 2 heterocycles. The van der Waals surface area contributed by atoms with Gasteiger partial charge in [0.1, 0.15) is 17.3 Å². The first kappa shape index (κ1) is 19.1. The van der Waals surface area contributed by atoms with Gasteiger partial charge in [0, 0.05) is 35.8 Å². The highest BCUT2D eigenvalue weighted by atomic mass is 16.1. The SMILES string of the molecule is CC(C)NC(=O)C(C#N)=Cc1cn(Cc2ccccc2)nc1-c1cccnc1. The van der Waals surface area contributed by atoms with Crippen LogP contribution in [0.1, 0.15) is 25.0 Å². The van der Waals surface area contributed by atoms with Crippen LogP contribution < -0.4 is 5.32 Å². The molecule has 6 heteroatoms. The highest BCUT2D eigenvalue weighted by molar-refractivity contribution is 6.02. The summed E-state index contributed by atoms with van der Waals surface area (Å²) in [5.41, 5.74) is 3.34. The summed E-state index contributed by atoms with van der Waals surface area (Å²) in [6.45, 7) is 4.29. The molecule has 0 spiro atoms. The molecule has 0 aliphatic heterocycles. The topological polar surface area (TPSA) is 83.6 Å². The molecule has 3 rings (SSSR count). The fourth-order valence-corrected chi connectivity index (χ4v) is 2.77. The number of pyridine rings is 1. The Morgan fingerprint density at radius 3 is 2.68 bits per heavy atom. The molecule has 28 heavy (non-hydrogen) atoms. The summed E-state index contributed by atoms with van der Waals surface area (Å²) in [6.07, 6.45) is 6.83. The summed E-state index contributed by atoms with van der Waals surface area (Å²) < 4.78 is 1.80. The summed E-state index contributed by atoms with van der Waals surface area (Å²) in [5, 5.41) is 16.9. The van der Waals surface area contributed by atoms with E-state index in [-0.39, 0.29) is 11.6 Å². The van der Waals surface area contributed by atoms with E-state index in [0.29, 0.717) is 17.8 Å². The lowest BCUT2D eigenvalue weighted by Crippen LogP contribution is -2.30.